The van der Waals surface area contributed by atoms with Crippen LogP contribution >= 0.6 is 15.9 Å². The first kappa shape index (κ1) is 22.2. The van der Waals surface area contributed by atoms with Crippen LogP contribution in [0.25, 0.3) is 11.0 Å². The number of phenolic OH excluding ortho intramolecular Hbond substituents is 1. The van der Waals surface area contributed by atoms with Gasteiger partial charge in [0.2, 0.25) is 5.76 Å². The van der Waals surface area contributed by atoms with Crippen LogP contribution in [-0.2, 0) is 0 Å². The van der Waals surface area contributed by atoms with Gasteiger partial charge in [-0.25, -0.2) is 0 Å². The van der Waals surface area contributed by atoms with E-state index in [9.17, 15) is 14.7 Å². The van der Waals surface area contributed by atoms with E-state index in [2.05, 4.69) is 15.9 Å². The minimum atomic E-state index is -0.751. The van der Waals surface area contributed by atoms with Crippen molar-refractivity contribution in [2.75, 3.05) is 11.5 Å². The Morgan fingerprint density at radius 1 is 1.06 bits per heavy atom. The fraction of sp³-hybridized carbons (Fsp3) is 0.185. The molecule has 7 heteroatoms. The topological polar surface area (TPSA) is 80.0 Å². The molecule has 0 bridgehead atoms. The molecule has 1 aliphatic heterocycles. The van der Waals surface area contributed by atoms with Crippen LogP contribution in [0.5, 0.6) is 11.5 Å². The fourth-order valence-corrected chi connectivity index (χ4v) is 4.79. The molecule has 34 heavy (non-hydrogen) atoms. The predicted molar refractivity (Wildman–Crippen MR) is 134 cm³/mol. The molecule has 2 heterocycles. The molecular formula is C27H22BrNO5. The van der Waals surface area contributed by atoms with Gasteiger partial charge in [-0.3, -0.25) is 14.5 Å². The second-order valence-electron chi connectivity index (χ2n) is 8.32. The van der Waals surface area contributed by atoms with E-state index in [0.717, 1.165) is 15.6 Å². The van der Waals surface area contributed by atoms with E-state index in [1.165, 1.54) is 6.07 Å². The van der Waals surface area contributed by atoms with Gasteiger partial charge in [-0.1, -0.05) is 28.1 Å². The van der Waals surface area contributed by atoms with Crippen molar-refractivity contribution in [2.24, 2.45) is 0 Å². The SMILES string of the molecule is CCOc1cc(C2c3c(oc4cc(C)c(C)cc4c3=O)C(=O)N2c2cccc(Br)c2)ccc1O. The average Bonchev–Trinajstić information content (AvgIpc) is 3.09. The molecule has 1 N–H and O–H groups in total. The molecule has 1 atom stereocenters. The van der Waals surface area contributed by atoms with Gasteiger partial charge in [0.15, 0.2) is 16.9 Å². The molecule has 0 saturated heterocycles. The quantitative estimate of drug-likeness (QED) is 0.356. The van der Waals surface area contributed by atoms with Crippen molar-refractivity contribution in [3.63, 3.8) is 0 Å². The minimum Gasteiger partial charge on any atom is -0.504 e. The Kier molecular flexibility index (Phi) is 5.44. The van der Waals surface area contributed by atoms with Crippen molar-refractivity contribution in [2.45, 2.75) is 26.8 Å². The maximum absolute atomic E-state index is 13.8. The molecule has 5 rings (SSSR count). The number of ether oxygens (including phenoxy) is 1. The summed E-state index contributed by atoms with van der Waals surface area (Å²) < 4.78 is 12.5. The maximum atomic E-state index is 13.8. The lowest BCUT2D eigenvalue weighted by Gasteiger charge is -2.26. The van der Waals surface area contributed by atoms with E-state index in [-0.39, 0.29) is 28.3 Å². The number of hydrogen-bond acceptors (Lipinski definition) is 5. The van der Waals surface area contributed by atoms with E-state index in [0.29, 0.717) is 28.8 Å². The third-order valence-electron chi connectivity index (χ3n) is 6.17. The van der Waals surface area contributed by atoms with Gasteiger partial charge in [-0.2, -0.15) is 0 Å². The number of benzene rings is 3. The minimum absolute atomic E-state index is 0.0131. The van der Waals surface area contributed by atoms with Crippen molar-refractivity contribution in [1.82, 2.24) is 0 Å². The smallest absolute Gasteiger partial charge is 0.295 e. The summed E-state index contributed by atoms with van der Waals surface area (Å²) >= 11 is 3.47. The Labute approximate surface area is 204 Å². The lowest BCUT2D eigenvalue weighted by molar-refractivity contribution is 0.0971. The third-order valence-corrected chi connectivity index (χ3v) is 6.67. The van der Waals surface area contributed by atoms with Crippen LogP contribution in [0.3, 0.4) is 0 Å². The van der Waals surface area contributed by atoms with Gasteiger partial charge in [-0.15, -0.1) is 0 Å². The highest BCUT2D eigenvalue weighted by Crippen LogP contribution is 2.43. The van der Waals surface area contributed by atoms with Gasteiger partial charge in [-0.05, 0) is 79.9 Å². The van der Waals surface area contributed by atoms with Crippen LogP contribution in [0.1, 0.15) is 45.8 Å². The number of rotatable bonds is 4. The molecule has 0 spiro atoms. The fourth-order valence-electron chi connectivity index (χ4n) is 4.41. The second-order valence-corrected chi connectivity index (χ2v) is 9.24. The number of fused-ring (bicyclic) bond motifs is 2. The summed E-state index contributed by atoms with van der Waals surface area (Å²) in [6.45, 7) is 6.05. The first-order valence-electron chi connectivity index (χ1n) is 10.9. The highest BCUT2D eigenvalue weighted by molar-refractivity contribution is 9.10. The van der Waals surface area contributed by atoms with Gasteiger partial charge >= 0.3 is 0 Å². The Hall–Kier alpha value is -3.58. The van der Waals surface area contributed by atoms with Crippen LogP contribution in [0.2, 0.25) is 0 Å². The zero-order chi connectivity index (χ0) is 24.1. The first-order valence-corrected chi connectivity index (χ1v) is 11.7. The highest BCUT2D eigenvalue weighted by atomic mass is 79.9. The van der Waals surface area contributed by atoms with E-state index >= 15 is 0 Å². The molecule has 0 saturated carbocycles. The number of anilines is 1. The van der Waals surface area contributed by atoms with Crippen molar-refractivity contribution < 1.29 is 19.1 Å². The Morgan fingerprint density at radius 3 is 2.56 bits per heavy atom. The van der Waals surface area contributed by atoms with Crippen LogP contribution in [0.4, 0.5) is 5.69 Å². The van der Waals surface area contributed by atoms with E-state index in [1.807, 2.05) is 51.1 Å². The first-order chi connectivity index (χ1) is 16.3. The third kappa shape index (κ3) is 3.47. The summed E-state index contributed by atoms with van der Waals surface area (Å²) in [4.78, 5) is 29.1. The number of amides is 1. The predicted octanol–water partition coefficient (Wildman–Crippen LogP) is 6.03. The molecule has 0 aliphatic carbocycles. The summed E-state index contributed by atoms with van der Waals surface area (Å²) in [6.07, 6.45) is 0. The summed E-state index contributed by atoms with van der Waals surface area (Å²) in [5, 5.41) is 10.7. The number of nitrogens with zero attached hydrogens (tertiary/aromatic N) is 1. The zero-order valence-electron chi connectivity index (χ0n) is 18.9. The van der Waals surface area contributed by atoms with Gasteiger partial charge in [0.05, 0.1) is 23.6 Å². The average molecular weight is 520 g/mol. The summed E-state index contributed by atoms with van der Waals surface area (Å²) in [5.41, 5.74) is 3.58. The highest BCUT2D eigenvalue weighted by Gasteiger charge is 2.44. The van der Waals surface area contributed by atoms with Gasteiger partial charge in [0, 0.05) is 10.2 Å². The molecule has 0 radical (unpaired) electrons. The standard InChI is InChI=1S/C27H22BrNO5/c1-4-33-22-12-16(8-9-20(22)30)24-23-25(31)19-10-14(2)15(3)11-21(19)34-26(23)27(32)29(24)18-7-5-6-17(28)13-18/h5-13,24,30H,4H2,1-3H3. The molecule has 3 aromatic carbocycles. The molecular weight excluding hydrogens is 498 g/mol. The lowest BCUT2D eigenvalue weighted by atomic mass is 9.97. The van der Waals surface area contributed by atoms with Crippen molar-refractivity contribution in [3.05, 3.63) is 97.3 Å². The van der Waals surface area contributed by atoms with Crippen molar-refractivity contribution in [3.8, 4) is 11.5 Å². The second kappa shape index (κ2) is 8.33. The van der Waals surface area contributed by atoms with Crippen molar-refractivity contribution >= 4 is 38.5 Å². The number of hydrogen-bond donors (Lipinski definition) is 1. The Balaban J connectivity index is 1.82. The van der Waals surface area contributed by atoms with Crippen LogP contribution in [0, 0.1) is 13.8 Å². The number of phenols is 1. The number of aromatic hydroxyl groups is 1. The van der Waals surface area contributed by atoms with E-state index in [1.54, 1.807) is 23.1 Å². The molecule has 4 aromatic rings. The lowest BCUT2D eigenvalue weighted by Crippen LogP contribution is -2.29. The normalized spacial score (nSPS) is 15.1. The zero-order valence-corrected chi connectivity index (χ0v) is 20.5. The number of carbonyl (C=O) groups excluding carboxylic acids is 1. The van der Waals surface area contributed by atoms with E-state index in [4.69, 9.17) is 9.15 Å². The maximum Gasteiger partial charge on any atom is 0.295 e. The van der Waals surface area contributed by atoms with Gasteiger partial charge in [0.1, 0.15) is 5.58 Å². The summed E-state index contributed by atoms with van der Waals surface area (Å²) in [7, 11) is 0. The number of aryl methyl sites for hydroxylation is 2. The Bertz CT molecular complexity index is 1520. The monoisotopic (exact) mass is 519 g/mol. The van der Waals surface area contributed by atoms with Gasteiger partial charge in [0.25, 0.3) is 5.91 Å². The number of halogens is 1. The summed E-state index contributed by atoms with van der Waals surface area (Å²) in [6, 6.07) is 15.0. The molecule has 0 fully saturated rings. The molecule has 1 amide bonds. The van der Waals surface area contributed by atoms with E-state index < -0.39 is 11.9 Å². The van der Waals surface area contributed by atoms with Crippen LogP contribution in [-0.4, -0.2) is 17.6 Å². The van der Waals surface area contributed by atoms with Crippen molar-refractivity contribution in [1.29, 1.82) is 0 Å². The Morgan fingerprint density at radius 2 is 1.82 bits per heavy atom. The molecule has 1 aliphatic rings. The van der Waals surface area contributed by atoms with Crippen LogP contribution in [0.15, 0.2) is 68.3 Å². The molecule has 1 unspecified atom stereocenters. The van der Waals surface area contributed by atoms with Gasteiger partial charge < -0.3 is 14.3 Å². The van der Waals surface area contributed by atoms with Crippen LogP contribution < -0.4 is 15.1 Å². The molecule has 6 nitrogen and oxygen atoms in total. The summed E-state index contributed by atoms with van der Waals surface area (Å²) in [5.74, 6) is -0.106. The molecule has 172 valence electrons. The largest absolute Gasteiger partial charge is 0.504 e. The number of carbonyl (C=O) groups is 1. The molecule has 1 aromatic heterocycles.